The van der Waals surface area contributed by atoms with Gasteiger partial charge in [-0.15, -0.1) is 0 Å². The third-order valence-electron chi connectivity index (χ3n) is 3.37. The average molecular weight is 318 g/mol. The third-order valence-corrected chi connectivity index (χ3v) is 4.02. The highest BCUT2D eigenvalue weighted by Crippen LogP contribution is 2.32. The van der Waals surface area contributed by atoms with E-state index in [-0.39, 0.29) is 0 Å². The SMILES string of the molecule is CCNCCC(C)CCc1cc(Cl)c(OCC)cc1Cl. The maximum atomic E-state index is 6.30. The molecule has 20 heavy (non-hydrogen) atoms. The van der Waals surface area contributed by atoms with E-state index >= 15 is 0 Å². The van der Waals surface area contributed by atoms with Gasteiger partial charge in [0.25, 0.3) is 0 Å². The fourth-order valence-corrected chi connectivity index (χ4v) is 2.59. The van der Waals surface area contributed by atoms with Crippen molar-refractivity contribution < 1.29 is 4.74 Å². The lowest BCUT2D eigenvalue weighted by molar-refractivity contribution is 0.340. The fraction of sp³-hybridized carbons (Fsp3) is 0.625. The van der Waals surface area contributed by atoms with Crippen molar-refractivity contribution in [1.82, 2.24) is 5.32 Å². The Bertz CT molecular complexity index is 410. The lowest BCUT2D eigenvalue weighted by atomic mass is 9.98. The Morgan fingerprint density at radius 3 is 2.55 bits per heavy atom. The van der Waals surface area contributed by atoms with E-state index in [0.29, 0.717) is 23.3 Å². The van der Waals surface area contributed by atoms with Crippen LogP contribution >= 0.6 is 23.2 Å². The van der Waals surface area contributed by atoms with Gasteiger partial charge < -0.3 is 10.1 Å². The van der Waals surface area contributed by atoms with Crippen molar-refractivity contribution >= 4 is 23.2 Å². The predicted octanol–water partition coefficient (Wildman–Crippen LogP) is 4.96. The molecule has 0 fully saturated rings. The summed E-state index contributed by atoms with van der Waals surface area (Å²) < 4.78 is 5.44. The summed E-state index contributed by atoms with van der Waals surface area (Å²) in [5, 5.41) is 4.75. The van der Waals surface area contributed by atoms with Gasteiger partial charge in [0, 0.05) is 11.1 Å². The maximum absolute atomic E-state index is 6.30. The summed E-state index contributed by atoms with van der Waals surface area (Å²) in [6.45, 7) is 9.05. The molecular weight excluding hydrogens is 293 g/mol. The molecule has 0 heterocycles. The first kappa shape index (κ1) is 17.6. The van der Waals surface area contributed by atoms with E-state index in [2.05, 4.69) is 19.2 Å². The van der Waals surface area contributed by atoms with E-state index in [9.17, 15) is 0 Å². The van der Waals surface area contributed by atoms with Gasteiger partial charge in [-0.25, -0.2) is 0 Å². The molecule has 0 aliphatic carbocycles. The van der Waals surface area contributed by atoms with Gasteiger partial charge in [0.1, 0.15) is 5.75 Å². The highest BCUT2D eigenvalue weighted by Gasteiger charge is 2.10. The standard InChI is InChI=1S/C16H25Cl2NO/c1-4-19-9-8-12(3)6-7-13-10-15(18)16(20-5-2)11-14(13)17/h10-12,19H,4-9H2,1-3H3. The number of hydrogen-bond donors (Lipinski definition) is 1. The van der Waals surface area contributed by atoms with E-state index in [4.69, 9.17) is 27.9 Å². The normalized spacial score (nSPS) is 12.4. The Morgan fingerprint density at radius 1 is 1.15 bits per heavy atom. The van der Waals surface area contributed by atoms with Crippen LogP contribution in [-0.2, 0) is 6.42 Å². The number of nitrogens with one attached hydrogen (secondary N) is 1. The summed E-state index contributed by atoms with van der Waals surface area (Å²) in [5.74, 6) is 1.35. The van der Waals surface area contributed by atoms with Gasteiger partial charge in [-0.2, -0.15) is 0 Å². The Balaban J connectivity index is 2.53. The number of benzene rings is 1. The Morgan fingerprint density at radius 2 is 1.90 bits per heavy atom. The van der Waals surface area contributed by atoms with Crippen LogP contribution in [0.4, 0.5) is 0 Å². The van der Waals surface area contributed by atoms with Crippen LogP contribution in [-0.4, -0.2) is 19.7 Å². The van der Waals surface area contributed by atoms with E-state index in [0.717, 1.165) is 36.5 Å². The van der Waals surface area contributed by atoms with E-state index in [1.165, 1.54) is 6.42 Å². The van der Waals surface area contributed by atoms with Crippen molar-refractivity contribution in [2.45, 2.75) is 40.0 Å². The molecule has 1 atom stereocenters. The molecule has 1 N–H and O–H groups in total. The van der Waals surface area contributed by atoms with Gasteiger partial charge in [-0.1, -0.05) is 37.0 Å². The zero-order valence-corrected chi connectivity index (χ0v) is 14.2. The molecule has 0 aromatic heterocycles. The summed E-state index contributed by atoms with van der Waals surface area (Å²) in [5.41, 5.74) is 1.11. The van der Waals surface area contributed by atoms with E-state index < -0.39 is 0 Å². The summed E-state index contributed by atoms with van der Waals surface area (Å²) in [7, 11) is 0. The minimum Gasteiger partial charge on any atom is -0.492 e. The van der Waals surface area contributed by atoms with Crippen molar-refractivity contribution in [3.8, 4) is 5.75 Å². The third kappa shape index (κ3) is 5.90. The van der Waals surface area contributed by atoms with Crippen LogP contribution in [0.2, 0.25) is 10.0 Å². The van der Waals surface area contributed by atoms with Gasteiger partial charge in [0.15, 0.2) is 0 Å². The van der Waals surface area contributed by atoms with E-state index in [1.54, 1.807) is 0 Å². The van der Waals surface area contributed by atoms with Crippen molar-refractivity contribution in [3.63, 3.8) is 0 Å². The van der Waals surface area contributed by atoms with Crippen molar-refractivity contribution in [2.75, 3.05) is 19.7 Å². The molecule has 0 amide bonds. The minimum absolute atomic E-state index is 0.594. The molecule has 0 aliphatic rings. The molecule has 1 unspecified atom stereocenters. The molecule has 0 aliphatic heterocycles. The zero-order valence-electron chi connectivity index (χ0n) is 12.6. The molecule has 0 saturated carbocycles. The molecule has 1 rings (SSSR count). The monoisotopic (exact) mass is 317 g/mol. The second kappa shape index (κ2) is 9.49. The van der Waals surface area contributed by atoms with Crippen LogP contribution in [0.15, 0.2) is 12.1 Å². The van der Waals surface area contributed by atoms with Crippen LogP contribution < -0.4 is 10.1 Å². The molecule has 0 radical (unpaired) electrons. The van der Waals surface area contributed by atoms with E-state index in [1.807, 2.05) is 19.1 Å². The Kier molecular flexibility index (Phi) is 8.35. The number of ether oxygens (including phenoxy) is 1. The second-order valence-corrected chi connectivity index (χ2v) is 5.91. The molecule has 0 saturated heterocycles. The topological polar surface area (TPSA) is 21.3 Å². The lowest BCUT2D eigenvalue weighted by Crippen LogP contribution is -2.16. The molecule has 0 bridgehead atoms. The van der Waals surface area contributed by atoms with Crippen molar-refractivity contribution in [3.05, 3.63) is 27.7 Å². The van der Waals surface area contributed by atoms with Crippen LogP contribution in [0.25, 0.3) is 0 Å². The molecule has 1 aromatic carbocycles. The fourth-order valence-electron chi connectivity index (χ4n) is 2.10. The van der Waals surface area contributed by atoms with Crippen LogP contribution in [0.1, 0.15) is 39.2 Å². The van der Waals surface area contributed by atoms with Crippen LogP contribution in [0.3, 0.4) is 0 Å². The predicted molar refractivity (Wildman–Crippen MR) is 88.3 cm³/mol. The Hall–Kier alpha value is -0.440. The number of aryl methyl sites for hydroxylation is 1. The van der Waals surface area contributed by atoms with Gasteiger partial charge >= 0.3 is 0 Å². The average Bonchev–Trinajstić information content (AvgIpc) is 2.41. The molecule has 0 spiro atoms. The maximum Gasteiger partial charge on any atom is 0.139 e. The van der Waals surface area contributed by atoms with Gasteiger partial charge in [0.2, 0.25) is 0 Å². The van der Waals surface area contributed by atoms with Crippen molar-refractivity contribution in [2.24, 2.45) is 5.92 Å². The largest absolute Gasteiger partial charge is 0.492 e. The molecular formula is C16H25Cl2NO. The quantitative estimate of drug-likeness (QED) is 0.650. The number of hydrogen-bond acceptors (Lipinski definition) is 2. The summed E-state index contributed by atoms with van der Waals surface area (Å²) in [6.07, 6.45) is 3.27. The minimum atomic E-state index is 0.594. The lowest BCUT2D eigenvalue weighted by Gasteiger charge is -2.14. The van der Waals surface area contributed by atoms with Crippen LogP contribution in [0, 0.1) is 5.92 Å². The molecule has 4 heteroatoms. The molecule has 2 nitrogen and oxygen atoms in total. The number of rotatable bonds is 9. The molecule has 1 aromatic rings. The van der Waals surface area contributed by atoms with Gasteiger partial charge in [-0.3, -0.25) is 0 Å². The van der Waals surface area contributed by atoms with Gasteiger partial charge in [0.05, 0.1) is 11.6 Å². The zero-order chi connectivity index (χ0) is 15.0. The first-order chi connectivity index (χ1) is 9.58. The van der Waals surface area contributed by atoms with Crippen molar-refractivity contribution in [1.29, 1.82) is 0 Å². The second-order valence-electron chi connectivity index (χ2n) is 5.09. The number of halogens is 2. The highest BCUT2D eigenvalue weighted by atomic mass is 35.5. The Labute approximate surface area is 132 Å². The first-order valence-corrected chi connectivity index (χ1v) is 8.15. The summed E-state index contributed by atoms with van der Waals surface area (Å²) in [6, 6.07) is 3.76. The smallest absolute Gasteiger partial charge is 0.139 e. The highest BCUT2D eigenvalue weighted by molar-refractivity contribution is 6.34. The van der Waals surface area contributed by atoms with Crippen LogP contribution in [0.5, 0.6) is 5.75 Å². The summed E-state index contributed by atoms with van der Waals surface area (Å²) >= 11 is 12.5. The first-order valence-electron chi connectivity index (χ1n) is 7.39. The molecule has 114 valence electrons. The summed E-state index contributed by atoms with van der Waals surface area (Å²) in [4.78, 5) is 0. The van der Waals surface area contributed by atoms with Gasteiger partial charge in [-0.05, 0) is 56.8 Å².